The van der Waals surface area contributed by atoms with Gasteiger partial charge in [0.2, 0.25) is 10.0 Å². The molecule has 7 nitrogen and oxygen atoms in total. The predicted octanol–water partition coefficient (Wildman–Crippen LogP) is 0.805. The molecule has 2 aromatic rings. The van der Waals surface area contributed by atoms with Crippen molar-refractivity contribution in [3.63, 3.8) is 0 Å². The maximum atomic E-state index is 12.2. The molecule has 0 aliphatic heterocycles. The van der Waals surface area contributed by atoms with Crippen molar-refractivity contribution >= 4 is 21.4 Å². The zero-order chi connectivity index (χ0) is 15.3. The minimum absolute atomic E-state index is 0.289. The van der Waals surface area contributed by atoms with Crippen LogP contribution in [0.25, 0.3) is 0 Å². The van der Waals surface area contributed by atoms with Gasteiger partial charge in [0.1, 0.15) is 16.4 Å². The molecule has 0 fully saturated rings. The van der Waals surface area contributed by atoms with E-state index in [1.807, 2.05) is 13.8 Å². The lowest BCUT2D eigenvalue weighted by Crippen LogP contribution is -2.25. The molecule has 2 rings (SSSR count). The summed E-state index contributed by atoms with van der Waals surface area (Å²) in [4.78, 5) is 5.00. The molecule has 3 N–H and O–H groups in total. The van der Waals surface area contributed by atoms with Crippen molar-refractivity contribution in [1.82, 2.24) is 25.2 Å². The van der Waals surface area contributed by atoms with Crippen molar-refractivity contribution in [2.45, 2.75) is 31.0 Å². The Hall–Kier alpha value is -1.29. The molecule has 2 heterocycles. The Morgan fingerprint density at radius 1 is 1.43 bits per heavy atom. The lowest BCUT2D eigenvalue weighted by molar-refractivity contribution is 0.583. The normalized spacial score (nSPS) is 11.9. The Labute approximate surface area is 128 Å². The van der Waals surface area contributed by atoms with Crippen molar-refractivity contribution in [2.24, 2.45) is 0 Å². The molecule has 0 spiro atoms. The number of thiophene rings is 1. The van der Waals surface area contributed by atoms with Crippen LogP contribution in [0.15, 0.2) is 16.6 Å². The lowest BCUT2D eigenvalue weighted by atomic mass is 10.3. The summed E-state index contributed by atoms with van der Waals surface area (Å²) >= 11 is 1.31. The number of aromatic amines is 1. The van der Waals surface area contributed by atoms with E-state index in [1.54, 1.807) is 6.07 Å². The van der Waals surface area contributed by atoms with Crippen LogP contribution in [-0.2, 0) is 23.0 Å². The molecule has 0 radical (unpaired) electrons. The molecule has 2 aromatic heterocycles. The fraction of sp³-hybridized carbons (Fsp3) is 0.500. The molecular weight excluding hydrogens is 310 g/mol. The predicted molar refractivity (Wildman–Crippen MR) is 81.7 cm³/mol. The summed E-state index contributed by atoms with van der Waals surface area (Å²) in [6.07, 6.45) is 1.88. The van der Waals surface area contributed by atoms with Crippen molar-refractivity contribution < 1.29 is 8.42 Å². The summed E-state index contributed by atoms with van der Waals surface area (Å²) < 4.78 is 27.4. The van der Waals surface area contributed by atoms with Crippen LogP contribution in [0.1, 0.15) is 23.2 Å². The first-order valence-electron chi connectivity index (χ1n) is 6.67. The van der Waals surface area contributed by atoms with E-state index in [4.69, 9.17) is 0 Å². The molecule has 0 atom stereocenters. The van der Waals surface area contributed by atoms with Crippen LogP contribution in [-0.4, -0.2) is 36.7 Å². The van der Waals surface area contributed by atoms with Gasteiger partial charge in [-0.25, -0.2) is 18.1 Å². The first-order valence-corrected chi connectivity index (χ1v) is 8.97. The molecule has 116 valence electrons. The van der Waals surface area contributed by atoms with Crippen LogP contribution in [0, 0.1) is 6.92 Å². The second-order valence-electron chi connectivity index (χ2n) is 4.53. The molecule has 9 heteroatoms. The molecule has 0 amide bonds. The number of sulfonamides is 1. The molecule has 21 heavy (non-hydrogen) atoms. The Kier molecular flexibility index (Phi) is 5.45. The topological polar surface area (TPSA) is 99.8 Å². The SMILES string of the molecule is CCNCc1sc(S(=O)(=O)NCCc2ncn[nH]2)cc1C. The van der Waals surface area contributed by atoms with Gasteiger partial charge in [0, 0.05) is 24.4 Å². The van der Waals surface area contributed by atoms with Gasteiger partial charge in [-0.2, -0.15) is 5.10 Å². The third-order valence-corrected chi connectivity index (χ3v) is 6.09. The number of aryl methyl sites for hydroxylation is 1. The minimum atomic E-state index is -3.46. The Bertz CT molecular complexity index is 664. The van der Waals surface area contributed by atoms with Crippen LogP contribution in [0.5, 0.6) is 0 Å². The Balaban J connectivity index is 1.98. The highest BCUT2D eigenvalue weighted by Crippen LogP contribution is 2.25. The second-order valence-corrected chi connectivity index (χ2v) is 7.66. The van der Waals surface area contributed by atoms with Crippen molar-refractivity contribution in [1.29, 1.82) is 0 Å². The van der Waals surface area contributed by atoms with Crippen LogP contribution < -0.4 is 10.0 Å². The summed E-state index contributed by atoms with van der Waals surface area (Å²) in [7, 11) is -3.46. The van der Waals surface area contributed by atoms with E-state index >= 15 is 0 Å². The van der Waals surface area contributed by atoms with Crippen LogP contribution in [0.4, 0.5) is 0 Å². The van der Waals surface area contributed by atoms with E-state index in [0.29, 0.717) is 23.0 Å². The van der Waals surface area contributed by atoms with E-state index in [-0.39, 0.29) is 6.54 Å². The van der Waals surface area contributed by atoms with Gasteiger partial charge in [-0.3, -0.25) is 5.10 Å². The highest BCUT2D eigenvalue weighted by Gasteiger charge is 2.18. The number of aromatic nitrogens is 3. The maximum Gasteiger partial charge on any atom is 0.250 e. The van der Waals surface area contributed by atoms with E-state index in [2.05, 4.69) is 25.2 Å². The smallest absolute Gasteiger partial charge is 0.250 e. The number of nitrogens with one attached hydrogen (secondary N) is 3. The number of H-pyrrole nitrogens is 1. The highest BCUT2D eigenvalue weighted by molar-refractivity contribution is 7.91. The molecule has 0 saturated heterocycles. The minimum Gasteiger partial charge on any atom is -0.312 e. The molecule has 0 saturated carbocycles. The summed E-state index contributed by atoms with van der Waals surface area (Å²) in [6, 6.07) is 1.72. The molecular formula is C12H19N5O2S2. The quantitative estimate of drug-likeness (QED) is 0.665. The fourth-order valence-corrected chi connectivity index (χ4v) is 4.40. The number of nitrogens with zero attached hydrogens (tertiary/aromatic N) is 2. The molecule has 0 aliphatic rings. The molecule has 0 bridgehead atoms. The van der Waals surface area contributed by atoms with Crippen LogP contribution >= 0.6 is 11.3 Å². The first kappa shape index (κ1) is 16.1. The van der Waals surface area contributed by atoms with Gasteiger partial charge in [-0.1, -0.05) is 6.92 Å². The monoisotopic (exact) mass is 329 g/mol. The van der Waals surface area contributed by atoms with Gasteiger partial charge in [0.25, 0.3) is 0 Å². The Morgan fingerprint density at radius 3 is 2.90 bits per heavy atom. The van der Waals surface area contributed by atoms with Gasteiger partial charge in [0.05, 0.1) is 0 Å². The average molecular weight is 329 g/mol. The van der Waals surface area contributed by atoms with E-state index < -0.39 is 10.0 Å². The summed E-state index contributed by atoms with van der Waals surface area (Å²) in [5.41, 5.74) is 0.997. The summed E-state index contributed by atoms with van der Waals surface area (Å²) in [5, 5.41) is 9.63. The number of hydrogen-bond donors (Lipinski definition) is 3. The maximum absolute atomic E-state index is 12.2. The number of rotatable bonds is 8. The van der Waals surface area contributed by atoms with Crippen molar-refractivity contribution in [3.8, 4) is 0 Å². The van der Waals surface area contributed by atoms with E-state index in [1.165, 1.54) is 17.7 Å². The van der Waals surface area contributed by atoms with Gasteiger partial charge >= 0.3 is 0 Å². The van der Waals surface area contributed by atoms with Gasteiger partial charge in [-0.15, -0.1) is 11.3 Å². The second kappa shape index (κ2) is 7.12. The Morgan fingerprint density at radius 2 is 2.24 bits per heavy atom. The van der Waals surface area contributed by atoms with E-state index in [0.717, 1.165) is 17.0 Å². The van der Waals surface area contributed by atoms with Crippen molar-refractivity contribution in [2.75, 3.05) is 13.1 Å². The number of hydrogen-bond acceptors (Lipinski definition) is 6. The average Bonchev–Trinajstić information content (AvgIpc) is 3.06. The van der Waals surface area contributed by atoms with Crippen LogP contribution in [0.3, 0.4) is 0 Å². The molecule has 0 aromatic carbocycles. The first-order chi connectivity index (χ1) is 10.0. The van der Waals surface area contributed by atoms with E-state index in [9.17, 15) is 8.42 Å². The third kappa shape index (κ3) is 4.34. The largest absolute Gasteiger partial charge is 0.312 e. The fourth-order valence-electron chi connectivity index (χ4n) is 1.76. The van der Waals surface area contributed by atoms with Gasteiger partial charge in [-0.05, 0) is 25.1 Å². The zero-order valence-corrected chi connectivity index (χ0v) is 13.6. The zero-order valence-electron chi connectivity index (χ0n) is 12.0. The van der Waals surface area contributed by atoms with Gasteiger partial charge < -0.3 is 5.32 Å². The molecule has 0 unspecified atom stereocenters. The summed E-state index contributed by atoms with van der Waals surface area (Å²) in [6.45, 7) is 5.79. The summed E-state index contributed by atoms with van der Waals surface area (Å²) in [5.74, 6) is 0.660. The highest BCUT2D eigenvalue weighted by atomic mass is 32.2. The van der Waals surface area contributed by atoms with Crippen LogP contribution in [0.2, 0.25) is 0 Å². The third-order valence-electron chi connectivity index (χ3n) is 2.92. The lowest BCUT2D eigenvalue weighted by Gasteiger charge is -2.03. The van der Waals surface area contributed by atoms with Gasteiger partial charge in [0.15, 0.2) is 0 Å². The molecule has 0 aliphatic carbocycles. The standard InChI is InChI=1S/C12H19N5O2S2/c1-3-13-7-10-9(2)6-12(20-10)21(18,19)16-5-4-11-14-8-15-17-11/h6,8,13,16H,3-5,7H2,1-2H3,(H,14,15,17). The van der Waals surface area contributed by atoms with Crippen molar-refractivity contribution in [3.05, 3.63) is 28.7 Å².